The zero-order valence-corrected chi connectivity index (χ0v) is 9.10. The molecule has 2 aromatic rings. The highest BCUT2D eigenvalue weighted by Crippen LogP contribution is 2.25. The van der Waals surface area contributed by atoms with Gasteiger partial charge in [0.2, 0.25) is 5.95 Å². The minimum atomic E-state index is 0.395. The molecule has 1 fully saturated rings. The molecule has 5 nitrogen and oxygen atoms in total. The van der Waals surface area contributed by atoms with Crippen molar-refractivity contribution in [3.63, 3.8) is 0 Å². The van der Waals surface area contributed by atoms with Crippen LogP contribution in [0, 0.1) is 0 Å². The predicted octanol–water partition coefficient (Wildman–Crippen LogP) is 1.55. The summed E-state index contributed by atoms with van der Waals surface area (Å²) in [6.45, 7) is 0. The van der Waals surface area contributed by atoms with Gasteiger partial charge in [0.25, 0.3) is 0 Å². The van der Waals surface area contributed by atoms with Gasteiger partial charge in [-0.25, -0.2) is 4.98 Å². The van der Waals surface area contributed by atoms with Crippen LogP contribution in [0.25, 0.3) is 11.0 Å². The van der Waals surface area contributed by atoms with Gasteiger partial charge in [-0.3, -0.25) is 0 Å². The molecule has 5 heteroatoms. The van der Waals surface area contributed by atoms with Crippen molar-refractivity contribution in [3.05, 3.63) is 18.5 Å². The third-order valence-corrected chi connectivity index (χ3v) is 3.06. The van der Waals surface area contributed by atoms with Gasteiger partial charge in [-0.1, -0.05) is 0 Å². The van der Waals surface area contributed by atoms with Gasteiger partial charge in [0.15, 0.2) is 0 Å². The van der Waals surface area contributed by atoms with Crippen LogP contribution in [0.15, 0.2) is 18.5 Å². The standard InChI is InChI=1S/C11H14N4O/c1-16-9-4-8(5-9)14-11-13-6-7-2-3-12-10(7)15-11/h2-3,6,8-9H,4-5H2,1H3,(H2,12,13,14,15)/t8-,9+. The first-order chi connectivity index (χ1) is 7.85. The molecule has 1 aliphatic carbocycles. The number of hydrogen-bond donors (Lipinski definition) is 2. The lowest BCUT2D eigenvalue weighted by Gasteiger charge is -2.34. The Balaban J connectivity index is 1.70. The fourth-order valence-corrected chi connectivity index (χ4v) is 1.97. The van der Waals surface area contributed by atoms with Crippen molar-refractivity contribution < 1.29 is 4.74 Å². The Morgan fingerprint density at radius 3 is 3.19 bits per heavy atom. The van der Waals surface area contributed by atoms with Crippen LogP contribution in [0.2, 0.25) is 0 Å². The van der Waals surface area contributed by atoms with Crippen molar-refractivity contribution in [1.29, 1.82) is 0 Å². The molecule has 0 aromatic carbocycles. The lowest BCUT2D eigenvalue weighted by molar-refractivity contribution is 0.0327. The summed E-state index contributed by atoms with van der Waals surface area (Å²) < 4.78 is 5.22. The van der Waals surface area contributed by atoms with Crippen molar-refractivity contribution in [2.24, 2.45) is 0 Å². The van der Waals surface area contributed by atoms with Gasteiger partial charge in [-0.2, -0.15) is 4.98 Å². The molecule has 0 aliphatic heterocycles. The Morgan fingerprint density at radius 1 is 1.50 bits per heavy atom. The third kappa shape index (κ3) is 1.63. The average Bonchev–Trinajstić information content (AvgIpc) is 2.69. The van der Waals surface area contributed by atoms with Crippen molar-refractivity contribution >= 4 is 17.0 Å². The second-order valence-electron chi connectivity index (χ2n) is 4.15. The van der Waals surface area contributed by atoms with Crippen molar-refractivity contribution in [2.75, 3.05) is 12.4 Å². The highest BCUT2D eigenvalue weighted by molar-refractivity contribution is 5.75. The van der Waals surface area contributed by atoms with Gasteiger partial charge in [0, 0.05) is 30.9 Å². The third-order valence-electron chi connectivity index (χ3n) is 3.06. The van der Waals surface area contributed by atoms with Gasteiger partial charge < -0.3 is 15.0 Å². The summed E-state index contributed by atoms with van der Waals surface area (Å²) in [6.07, 6.45) is 6.15. The van der Waals surface area contributed by atoms with Gasteiger partial charge in [-0.05, 0) is 18.9 Å². The molecule has 16 heavy (non-hydrogen) atoms. The first kappa shape index (κ1) is 9.59. The second-order valence-corrected chi connectivity index (χ2v) is 4.15. The molecule has 0 unspecified atom stereocenters. The maximum atomic E-state index is 5.22. The van der Waals surface area contributed by atoms with Crippen molar-refractivity contribution in [1.82, 2.24) is 15.0 Å². The van der Waals surface area contributed by atoms with Crippen molar-refractivity contribution in [3.8, 4) is 0 Å². The number of methoxy groups -OCH3 is 1. The summed E-state index contributed by atoms with van der Waals surface area (Å²) in [5, 5.41) is 4.34. The van der Waals surface area contributed by atoms with E-state index in [0.29, 0.717) is 18.1 Å². The number of aromatic nitrogens is 3. The number of H-pyrrole nitrogens is 1. The van der Waals surface area contributed by atoms with Crippen molar-refractivity contribution in [2.45, 2.75) is 25.0 Å². The number of hydrogen-bond acceptors (Lipinski definition) is 4. The zero-order chi connectivity index (χ0) is 11.0. The number of fused-ring (bicyclic) bond motifs is 1. The monoisotopic (exact) mass is 218 g/mol. The normalized spacial score (nSPS) is 24.3. The summed E-state index contributed by atoms with van der Waals surface area (Å²) in [6, 6.07) is 2.40. The molecular formula is C11H14N4O. The number of ether oxygens (including phenoxy) is 1. The molecule has 1 saturated carbocycles. The van der Waals surface area contributed by atoms with Crippen LogP contribution >= 0.6 is 0 Å². The fourth-order valence-electron chi connectivity index (χ4n) is 1.97. The van der Waals surface area contributed by atoms with Crippen LogP contribution in [0.3, 0.4) is 0 Å². The number of aromatic amines is 1. The smallest absolute Gasteiger partial charge is 0.224 e. The molecule has 2 N–H and O–H groups in total. The molecule has 0 bridgehead atoms. The van der Waals surface area contributed by atoms with Crippen LogP contribution in [0.5, 0.6) is 0 Å². The highest BCUT2D eigenvalue weighted by atomic mass is 16.5. The van der Waals surface area contributed by atoms with E-state index in [1.54, 1.807) is 7.11 Å². The van der Waals surface area contributed by atoms with E-state index in [0.717, 1.165) is 23.9 Å². The topological polar surface area (TPSA) is 62.8 Å². The van der Waals surface area contributed by atoms with Crippen LogP contribution < -0.4 is 5.32 Å². The number of anilines is 1. The Labute approximate surface area is 93.2 Å². The van der Waals surface area contributed by atoms with E-state index in [2.05, 4.69) is 20.3 Å². The average molecular weight is 218 g/mol. The van der Waals surface area contributed by atoms with E-state index < -0.39 is 0 Å². The van der Waals surface area contributed by atoms with Crippen LogP contribution in [-0.2, 0) is 4.74 Å². The summed E-state index contributed by atoms with van der Waals surface area (Å²) in [4.78, 5) is 11.7. The quantitative estimate of drug-likeness (QED) is 0.820. The van der Waals surface area contributed by atoms with E-state index in [4.69, 9.17) is 4.74 Å². The van der Waals surface area contributed by atoms with E-state index in [1.807, 2.05) is 18.5 Å². The van der Waals surface area contributed by atoms with Gasteiger partial charge in [0.1, 0.15) is 5.65 Å². The van der Waals surface area contributed by atoms with Crippen LogP contribution in [-0.4, -0.2) is 34.2 Å². The Bertz CT molecular complexity index is 489. The molecule has 0 saturated heterocycles. The summed E-state index contributed by atoms with van der Waals surface area (Å²) >= 11 is 0. The summed E-state index contributed by atoms with van der Waals surface area (Å²) in [5.74, 6) is 0.689. The van der Waals surface area contributed by atoms with Crippen LogP contribution in [0.4, 0.5) is 5.95 Å². The fraction of sp³-hybridized carbons (Fsp3) is 0.455. The minimum absolute atomic E-state index is 0.395. The SMILES string of the molecule is CO[C@H]1C[C@@H](Nc2ncc3cc[nH]c3n2)C1. The summed E-state index contributed by atoms with van der Waals surface area (Å²) in [5.41, 5.74) is 0.875. The first-order valence-corrected chi connectivity index (χ1v) is 5.44. The second kappa shape index (κ2) is 3.75. The highest BCUT2D eigenvalue weighted by Gasteiger charge is 2.29. The number of rotatable bonds is 3. The lowest BCUT2D eigenvalue weighted by atomic mass is 9.89. The first-order valence-electron chi connectivity index (χ1n) is 5.44. The van der Waals surface area contributed by atoms with E-state index in [1.165, 1.54) is 0 Å². The Hall–Kier alpha value is -1.62. The molecule has 2 aromatic heterocycles. The molecule has 0 amide bonds. The summed E-state index contributed by atoms with van der Waals surface area (Å²) in [7, 11) is 1.75. The largest absolute Gasteiger partial charge is 0.381 e. The van der Waals surface area contributed by atoms with Gasteiger partial charge >= 0.3 is 0 Å². The van der Waals surface area contributed by atoms with Crippen LogP contribution in [0.1, 0.15) is 12.8 Å². The van der Waals surface area contributed by atoms with E-state index in [-0.39, 0.29) is 0 Å². The number of nitrogens with one attached hydrogen (secondary N) is 2. The predicted molar refractivity (Wildman–Crippen MR) is 61.3 cm³/mol. The maximum Gasteiger partial charge on any atom is 0.224 e. The number of nitrogens with zero attached hydrogens (tertiary/aromatic N) is 2. The Morgan fingerprint density at radius 2 is 2.38 bits per heavy atom. The lowest BCUT2D eigenvalue weighted by Crippen LogP contribution is -2.40. The molecule has 1 aliphatic rings. The zero-order valence-electron chi connectivity index (χ0n) is 9.10. The minimum Gasteiger partial charge on any atom is -0.381 e. The van der Waals surface area contributed by atoms with Gasteiger partial charge in [0.05, 0.1) is 6.10 Å². The molecule has 3 rings (SSSR count). The molecule has 0 spiro atoms. The molecule has 0 radical (unpaired) electrons. The molecular weight excluding hydrogens is 204 g/mol. The molecule has 2 heterocycles. The maximum absolute atomic E-state index is 5.22. The van der Waals surface area contributed by atoms with Gasteiger partial charge in [-0.15, -0.1) is 0 Å². The van der Waals surface area contributed by atoms with E-state index in [9.17, 15) is 0 Å². The van der Waals surface area contributed by atoms with E-state index >= 15 is 0 Å². The Kier molecular flexibility index (Phi) is 2.25. The molecule has 84 valence electrons. The molecule has 0 atom stereocenters.